The van der Waals surface area contributed by atoms with Crippen molar-refractivity contribution in [3.63, 3.8) is 0 Å². The van der Waals surface area contributed by atoms with Gasteiger partial charge in [-0.3, -0.25) is 0 Å². The van der Waals surface area contributed by atoms with E-state index in [0.717, 1.165) is 0 Å². The summed E-state index contributed by atoms with van der Waals surface area (Å²) >= 11 is 0. The molecule has 0 aromatic heterocycles. The van der Waals surface area contributed by atoms with Gasteiger partial charge in [0, 0.05) is 0 Å². The maximum absolute atomic E-state index is 8.33. The average Bonchev–Trinajstić information content (AvgIpc) is 0.811. The van der Waals surface area contributed by atoms with Crippen LogP contribution < -0.4 is 39.8 Å². The van der Waals surface area contributed by atoms with Crippen LogP contribution in [-0.4, -0.2) is 38.9 Å². The SMILES string of the molecule is O=C([O-])[O-].[Na+].[OH-].[Pb+2]. The maximum Gasteiger partial charge on any atom is 2.00 e. The molecule has 0 heterocycles. The first-order valence-electron chi connectivity index (χ1n) is 0.612. The van der Waals surface area contributed by atoms with E-state index in [1.54, 1.807) is 0 Å². The van der Waals surface area contributed by atoms with E-state index in [2.05, 4.69) is 0 Å². The second kappa shape index (κ2) is 15.7. The van der Waals surface area contributed by atoms with E-state index in [1.165, 1.54) is 0 Å². The molecule has 0 saturated carbocycles. The smallest absolute Gasteiger partial charge is 0.870 e. The first-order valence-corrected chi connectivity index (χ1v) is 0.612. The molecule has 0 aliphatic heterocycles. The predicted molar refractivity (Wildman–Crippen MR) is 13.1 cm³/mol. The van der Waals surface area contributed by atoms with Crippen molar-refractivity contribution in [3.8, 4) is 0 Å². The Bertz CT molecular complexity index is 34.7. The third-order valence-corrected chi connectivity index (χ3v) is 0. The second-order valence-electron chi connectivity index (χ2n) is 0.250. The minimum Gasteiger partial charge on any atom is -0.870 e. The largest absolute Gasteiger partial charge is 2.00 e. The predicted octanol–water partition coefficient (Wildman–Crippen LogP) is -6.00. The van der Waals surface area contributed by atoms with Gasteiger partial charge in [0.25, 0.3) is 0 Å². The van der Waals surface area contributed by atoms with Gasteiger partial charge in [-0.2, -0.15) is 0 Å². The van der Waals surface area contributed by atoms with E-state index >= 15 is 0 Å². The van der Waals surface area contributed by atoms with Crippen molar-refractivity contribution in [1.82, 2.24) is 0 Å². The summed E-state index contributed by atoms with van der Waals surface area (Å²) in [5, 5.41) is 16.7. The van der Waals surface area contributed by atoms with Gasteiger partial charge >= 0.3 is 56.9 Å². The Labute approximate surface area is 82.7 Å². The molecule has 0 fully saturated rings. The van der Waals surface area contributed by atoms with Gasteiger partial charge in [0.15, 0.2) is 0 Å². The third-order valence-electron chi connectivity index (χ3n) is 0. The maximum atomic E-state index is 8.33. The van der Waals surface area contributed by atoms with Gasteiger partial charge in [-0.05, 0) is 6.16 Å². The minimum atomic E-state index is -2.33. The molecule has 4 nitrogen and oxygen atoms in total. The molecule has 0 spiro atoms. The fourth-order valence-corrected chi connectivity index (χ4v) is 0. The summed E-state index contributed by atoms with van der Waals surface area (Å²) in [6, 6.07) is 0. The Morgan fingerprint density at radius 3 is 1.29 bits per heavy atom. The van der Waals surface area contributed by atoms with Crippen LogP contribution in [0, 0.1) is 0 Å². The molecule has 0 aromatic rings. The van der Waals surface area contributed by atoms with Crippen molar-refractivity contribution in [1.29, 1.82) is 0 Å². The Morgan fingerprint density at radius 2 is 1.29 bits per heavy atom. The molecule has 6 heteroatoms. The second-order valence-corrected chi connectivity index (χ2v) is 0.250. The van der Waals surface area contributed by atoms with Crippen LogP contribution in [0.1, 0.15) is 0 Å². The van der Waals surface area contributed by atoms with E-state index in [0.29, 0.717) is 0 Å². The number of hydrogen-bond donors (Lipinski definition) is 0. The third kappa shape index (κ3) is 143. The normalized spacial score (nSPS) is 3.43. The van der Waals surface area contributed by atoms with Crippen molar-refractivity contribution >= 4 is 33.5 Å². The summed E-state index contributed by atoms with van der Waals surface area (Å²) in [5.41, 5.74) is 0. The van der Waals surface area contributed by atoms with Gasteiger partial charge in [-0.25, -0.2) is 0 Å². The Morgan fingerprint density at radius 1 is 1.29 bits per heavy atom. The molecule has 1 N–H and O–H groups in total. The minimum absolute atomic E-state index is 0. The molecule has 7 heavy (non-hydrogen) atoms. The topological polar surface area (TPSA) is 93.2 Å². The molecule has 2 radical (unpaired) electrons. The number of carbonyl (C=O) groups is 1. The summed E-state index contributed by atoms with van der Waals surface area (Å²) in [6.45, 7) is 0. The molecular weight excluding hydrogens is 306 g/mol. The van der Waals surface area contributed by atoms with E-state index in [4.69, 9.17) is 15.0 Å². The fraction of sp³-hybridized carbons (Fsp3) is 0. The molecule has 34 valence electrons. The van der Waals surface area contributed by atoms with Crippen molar-refractivity contribution in [2.45, 2.75) is 0 Å². The van der Waals surface area contributed by atoms with Crippen LogP contribution in [0.5, 0.6) is 0 Å². The zero-order chi connectivity index (χ0) is 3.58. The molecule has 0 amide bonds. The summed E-state index contributed by atoms with van der Waals surface area (Å²) < 4.78 is 0. The fourth-order valence-electron chi connectivity index (χ4n) is 0. The van der Waals surface area contributed by atoms with Crippen molar-refractivity contribution in [2.75, 3.05) is 0 Å². The van der Waals surface area contributed by atoms with E-state index in [9.17, 15) is 0 Å². The number of carbonyl (C=O) groups excluding carboxylic acids is 1. The summed E-state index contributed by atoms with van der Waals surface area (Å²) in [6.07, 6.45) is -2.33. The van der Waals surface area contributed by atoms with Gasteiger partial charge < -0.3 is 20.5 Å². The molecule has 0 atom stereocenters. The van der Waals surface area contributed by atoms with Gasteiger partial charge in [0.05, 0.1) is 0 Å². The van der Waals surface area contributed by atoms with Crippen LogP contribution in [0.2, 0.25) is 0 Å². The van der Waals surface area contributed by atoms with Gasteiger partial charge in [0.1, 0.15) is 0 Å². The number of hydrogen-bond acceptors (Lipinski definition) is 4. The molecule has 0 saturated heterocycles. The molecule has 0 rings (SSSR count). The Kier molecular flexibility index (Phi) is 54.3. The summed E-state index contributed by atoms with van der Waals surface area (Å²) in [4.78, 5) is 8.33. The van der Waals surface area contributed by atoms with E-state index < -0.39 is 6.16 Å². The van der Waals surface area contributed by atoms with E-state index in [-0.39, 0.29) is 62.3 Å². The van der Waals surface area contributed by atoms with E-state index in [1.807, 2.05) is 0 Å². The Balaban J connectivity index is -0.0000000150. The van der Waals surface area contributed by atoms with Crippen molar-refractivity contribution < 1.29 is 50.0 Å². The molecule has 0 aliphatic rings. The standard InChI is InChI=1S/CH2O3.Na.H2O.Pb/c2-1(3)4;;;/h(H2,2,3,4);;1H2;/q;+1;;+2/p-3. The van der Waals surface area contributed by atoms with Crippen LogP contribution in [-0.2, 0) is 0 Å². The molecular formula is CHNaO4Pb. The van der Waals surface area contributed by atoms with Crippen LogP contribution in [0.15, 0.2) is 0 Å². The van der Waals surface area contributed by atoms with Crippen molar-refractivity contribution in [2.24, 2.45) is 0 Å². The number of carboxylic acid groups (broad SMARTS) is 2. The first-order chi connectivity index (χ1) is 1.73. The zero-order valence-corrected chi connectivity index (χ0v) is 9.56. The van der Waals surface area contributed by atoms with Crippen LogP contribution >= 0.6 is 0 Å². The monoisotopic (exact) mass is 308 g/mol. The van der Waals surface area contributed by atoms with Crippen LogP contribution in [0.3, 0.4) is 0 Å². The zero-order valence-electron chi connectivity index (χ0n) is 3.67. The molecule has 0 bridgehead atoms. The first kappa shape index (κ1) is 24.2. The summed E-state index contributed by atoms with van der Waals surface area (Å²) in [5.74, 6) is 0. The Hall–Kier alpha value is 1.15. The van der Waals surface area contributed by atoms with Crippen molar-refractivity contribution in [3.05, 3.63) is 0 Å². The molecule has 0 aliphatic carbocycles. The molecule has 0 unspecified atom stereocenters. The van der Waals surface area contributed by atoms with Crippen LogP contribution in [0.4, 0.5) is 4.79 Å². The van der Waals surface area contributed by atoms with Gasteiger partial charge in [0.2, 0.25) is 0 Å². The average molecular weight is 307 g/mol. The number of rotatable bonds is 0. The molecule has 0 aromatic carbocycles. The van der Waals surface area contributed by atoms with Gasteiger partial charge in [-0.15, -0.1) is 0 Å². The van der Waals surface area contributed by atoms with Crippen LogP contribution in [0.25, 0.3) is 0 Å². The van der Waals surface area contributed by atoms with Gasteiger partial charge in [-0.1, -0.05) is 0 Å². The summed E-state index contributed by atoms with van der Waals surface area (Å²) in [7, 11) is 0. The quantitative estimate of drug-likeness (QED) is 0.416.